The van der Waals surface area contributed by atoms with Gasteiger partial charge in [0.05, 0.1) is 0 Å². The number of benzene rings is 1. The zero-order valence-corrected chi connectivity index (χ0v) is 13.4. The number of nitrogens with one attached hydrogen (secondary N) is 2. The van der Waals surface area contributed by atoms with Crippen LogP contribution in [0.1, 0.15) is 17.5 Å². The maximum Gasteiger partial charge on any atom is 0.0418 e. The fourth-order valence-corrected chi connectivity index (χ4v) is 3.42. The SMILES string of the molecule is CN1CCN(C)C(CNCc2cccc3c2NCCC3)C1. The molecule has 1 aromatic carbocycles. The van der Waals surface area contributed by atoms with Gasteiger partial charge in [-0.2, -0.15) is 0 Å². The summed E-state index contributed by atoms with van der Waals surface area (Å²) in [7, 11) is 4.46. The van der Waals surface area contributed by atoms with Crippen LogP contribution in [-0.4, -0.2) is 62.7 Å². The summed E-state index contributed by atoms with van der Waals surface area (Å²) < 4.78 is 0. The van der Waals surface area contributed by atoms with E-state index in [-0.39, 0.29) is 0 Å². The second-order valence-corrected chi connectivity index (χ2v) is 6.51. The first kappa shape index (κ1) is 14.8. The molecule has 0 aliphatic carbocycles. The third-order valence-electron chi connectivity index (χ3n) is 4.84. The number of hydrogen-bond acceptors (Lipinski definition) is 4. The zero-order valence-electron chi connectivity index (χ0n) is 13.4. The molecule has 0 radical (unpaired) electrons. The smallest absolute Gasteiger partial charge is 0.0418 e. The Morgan fingerprint density at radius 3 is 3.10 bits per heavy atom. The van der Waals surface area contributed by atoms with Gasteiger partial charge in [0, 0.05) is 51.0 Å². The number of fused-ring (bicyclic) bond motifs is 1. The molecule has 116 valence electrons. The van der Waals surface area contributed by atoms with Crippen molar-refractivity contribution >= 4 is 5.69 Å². The summed E-state index contributed by atoms with van der Waals surface area (Å²) in [5.74, 6) is 0. The second-order valence-electron chi connectivity index (χ2n) is 6.51. The number of para-hydroxylation sites is 1. The van der Waals surface area contributed by atoms with Crippen LogP contribution < -0.4 is 10.6 Å². The number of rotatable bonds is 4. The molecule has 2 N–H and O–H groups in total. The molecular weight excluding hydrogens is 260 g/mol. The molecule has 1 unspecified atom stereocenters. The van der Waals surface area contributed by atoms with Crippen LogP contribution in [0.25, 0.3) is 0 Å². The van der Waals surface area contributed by atoms with Crippen molar-refractivity contribution in [3.63, 3.8) is 0 Å². The van der Waals surface area contributed by atoms with Crippen molar-refractivity contribution in [3.05, 3.63) is 29.3 Å². The molecule has 3 rings (SSSR count). The predicted molar refractivity (Wildman–Crippen MR) is 88.9 cm³/mol. The van der Waals surface area contributed by atoms with Crippen molar-refractivity contribution < 1.29 is 0 Å². The van der Waals surface area contributed by atoms with Crippen LogP contribution in [0.3, 0.4) is 0 Å². The van der Waals surface area contributed by atoms with Gasteiger partial charge in [-0.15, -0.1) is 0 Å². The Balaban J connectivity index is 1.56. The van der Waals surface area contributed by atoms with Gasteiger partial charge in [-0.25, -0.2) is 0 Å². The molecule has 2 heterocycles. The van der Waals surface area contributed by atoms with Crippen molar-refractivity contribution in [3.8, 4) is 0 Å². The van der Waals surface area contributed by atoms with Gasteiger partial charge in [0.15, 0.2) is 0 Å². The monoisotopic (exact) mass is 288 g/mol. The molecule has 1 fully saturated rings. The Labute approximate surface area is 128 Å². The number of likely N-dealkylation sites (N-methyl/N-ethyl adjacent to an activating group) is 2. The molecule has 1 atom stereocenters. The van der Waals surface area contributed by atoms with Gasteiger partial charge in [0.1, 0.15) is 0 Å². The van der Waals surface area contributed by atoms with Crippen LogP contribution in [0.5, 0.6) is 0 Å². The number of hydrogen-bond donors (Lipinski definition) is 2. The van der Waals surface area contributed by atoms with E-state index < -0.39 is 0 Å². The van der Waals surface area contributed by atoms with E-state index in [9.17, 15) is 0 Å². The Morgan fingerprint density at radius 1 is 1.29 bits per heavy atom. The summed E-state index contributed by atoms with van der Waals surface area (Å²) >= 11 is 0. The normalized spacial score (nSPS) is 23.6. The first-order chi connectivity index (χ1) is 10.2. The largest absolute Gasteiger partial charge is 0.385 e. The van der Waals surface area contributed by atoms with E-state index in [1.807, 2.05) is 0 Å². The summed E-state index contributed by atoms with van der Waals surface area (Å²) in [5, 5.41) is 7.24. The lowest BCUT2D eigenvalue weighted by molar-refractivity contribution is 0.113. The number of aryl methyl sites for hydroxylation is 1. The molecule has 1 aromatic rings. The molecule has 4 heteroatoms. The number of anilines is 1. The Hall–Kier alpha value is -1.10. The lowest BCUT2D eigenvalue weighted by Crippen LogP contribution is -2.53. The highest BCUT2D eigenvalue weighted by Crippen LogP contribution is 2.25. The van der Waals surface area contributed by atoms with Gasteiger partial charge in [-0.3, -0.25) is 4.90 Å². The Kier molecular flexibility index (Phi) is 4.78. The third-order valence-corrected chi connectivity index (χ3v) is 4.84. The lowest BCUT2D eigenvalue weighted by atomic mass is 9.99. The second kappa shape index (κ2) is 6.77. The quantitative estimate of drug-likeness (QED) is 0.876. The van der Waals surface area contributed by atoms with Gasteiger partial charge >= 0.3 is 0 Å². The molecule has 0 amide bonds. The van der Waals surface area contributed by atoms with Crippen LogP contribution in [-0.2, 0) is 13.0 Å². The number of nitrogens with zero attached hydrogens (tertiary/aromatic N) is 2. The predicted octanol–water partition coefficient (Wildman–Crippen LogP) is 1.38. The van der Waals surface area contributed by atoms with Crippen molar-refractivity contribution in [1.29, 1.82) is 0 Å². The molecule has 0 saturated carbocycles. The number of piperazine rings is 1. The van der Waals surface area contributed by atoms with Crippen LogP contribution in [0.2, 0.25) is 0 Å². The highest BCUT2D eigenvalue weighted by atomic mass is 15.3. The van der Waals surface area contributed by atoms with Gasteiger partial charge in [-0.05, 0) is 38.1 Å². The van der Waals surface area contributed by atoms with E-state index in [2.05, 4.69) is 52.7 Å². The molecule has 21 heavy (non-hydrogen) atoms. The van der Waals surface area contributed by atoms with Crippen molar-refractivity contribution in [1.82, 2.24) is 15.1 Å². The first-order valence-electron chi connectivity index (χ1n) is 8.18. The van der Waals surface area contributed by atoms with E-state index in [0.717, 1.165) is 26.2 Å². The minimum Gasteiger partial charge on any atom is -0.385 e. The van der Waals surface area contributed by atoms with E-state index in [1.54, 1.807) is 0 Å². The van der Waals surface area contributed by atoms with E-state index >= 15 is 0 Å². The molecule has 0 bridgehead atoms. The van der Waals surface area contributed by atoms with Gasteiger partial charge in [0.2, 0.25) is 0 Å². The summed E-state index contributed by atoms with van der Waals surface area (Å²) in [6, 6.07) is 7.33. The maximum absolute atomic E-state index is 3.66. The third kappa shape index (κ3) is 3.57. The molecule has 1 saturated heterocycles. The van der Waals surface area contributed by atoms with Crippen LogP contribution in [0, 0.1) is 0 Å². The topological polar surface area (TPSA) is 30.5 Å². The van der Waals surface area contributed by atoms with Crippen molar-refractivity contribution in [2.45, 2.75) is 25.4 Å². The van der Waals surface area contributed by atoms with Crippen molar-refractivity contribution in [2.24, 2.45) is 0 Å². The van der Waals surface area contributed by atoms with Crippen LogP contribution in [0.4, 0.5) is 5.69 Å². The molecule has 4 nitrogen and oxygen atoms in total. The minimum absolute atomic E-state index is 0.622. The Morgan fingerprint density at radius 2 is 2.19 bits per heavy atom. The summed E-state index contributed by atoms with van der Waals surface area (Å²) in [6.07, 6.45) is 2.47. The average molecular weight is 288 g/mol. The summed E-state index contributed by atoms with van der Waals surface area (Å²) in [6.45, 7) is 6.65. The molecular formula is C17H28N4. The van der Waals surface area contributed by atoms with Gasteiger partial charge < -0.3 is 15.5 Å². The fourth-order valence-electron chi connectivity index (χ4n) is 3.42. The maximum atomic E-state index is 3.66. The van der Waals surface area contributed by atoms with E-state index in [1.165, 1.54) is 42.7 Å². The minimum atomic E-state index is 0.622. The Bertz CT molecular complexity index is 474. The summed E-state index contributed by atoms with van der Waals surface area (Å²) in [4.78, 5) is 4.91. The van der Waals surface area contributed by atoms with Crippen LogP contribution in [0.15, 0.2) is 18.2 Å². The highest BCUT2D eigenvalue weighted by Gasteiger charge is 2.21. The van der Waals surface area contributed by atoms with E-state index in [0.29, 0.717) is 6.04 Å². The van der Waals surface area contributed by atoms with Gasteiger partial charge in [0.25, 0.3) is 0 Å². The lowest BCUT2D eigenvalue weighted by Gasteiger charge is -2.37. The zero-order chi connectivity index (χ0) is 14.7. The molecule has 2 aliphatic rings. The van der Waals surface area contributed by atoms with Crippen molar-refractivity contribution in [2.75, 3.05) is 52.1 Å². The molecule has 0 spiro atoms. The highest BCUT2D eigenvalue weighted by molar-refractivity contribution is 5.59. The van der Waals surface area contributed by atoms with Crippen LogP contribution >= 0.6 is 0 Å². The van der Waals surface area contributed by atoms with E-state index in [4.69, 9.17) is 0 Å². The average Bonchev–Trinajstić information content (AvgIpc) is 2.51. The summed E-state index contributed by atoms with van der Waals surface area (Å²) in [5.41, 5.74) is 4.28. The van der Waals surface area contributed by atoms with Gasteiger partial charge in [-0.1, -0.05) is 18.2 Å². The molecule has 0 aromatic heterocycles. The standard InChI is InChI=1S/C17H28N4/c1-20-9-10-21(2)16(13-20)12-18-11-15-6-3-5-14-7-4-8-19-17(14)15/h3,5-6,16,18-19H,4,7-13H2,1-2H3. The fraction of sp³-hybridized carbons (Fsp3) is 0.647. The first-order valence-corrected chi connectivity index (χ1v) is 8.18. The molecule has 2 aliphatic heterocycles.